The second-order valence-corrected chi connectivity index (χ2v) is 6.14. The van der Waals surface area contributed by atoms with E-state index in [4.69, 9.17) is 16.3 Å². The molecule has 6 nitrogen and oxygen atoms in total. The molecule has 0 aliphatic carbocycles. The molecular weight excluding hydrogens is 328 g/mol. The number of aryl methyl sites for hydroxylation is 1. The smallest absolute Gasteiger partial charge is 0.249 e. The lowest BCUT2D eigenvalue weighted by atomic mass is 10.2. The minimum Gasteiger partial charge on any atom is -0.377 e. The van der Waals surface area contributed by atoms with Gasteiger partial charge in [-0.25, -0.2) is 9.97 Å². The normalized spacial score (nSPS) is 17.4. The molecule has 126 valence electrons. The van der Waals surface area contributed by atoms with E-state index in [1.54, 1.807) is 24.1 Å². The summed E-state index contributed by atoms with van der Waals surface area (Å²) < 4.78 is 5.07. The van der Waals surface area contributed by atoms with Gasteiger partial charge < -0.3 is 15.0 Å². The van der Waals surface area contributed by atoms with Crippen molar-refractivity contribution >= 4 is 29.0 Å². The molecule has 0 saturated carbocycles. The number of hydrogen-bond donors (Lipinski definition) is 1. The third-order valence-electron chi connectivity index (χ3n) is 3.82. The Labute approximate surface area is 145 Å². The molecule has 2 heterocycles. The Balaban J connectivity index is 1.74. The van der Waals surface area contributed by atoms with Gasteiger partial charge in [0.15, 0.2) is 5.82 Å². The number of nitrogens with zero attached hydrogens (tertiary/aromatic N) is 3. The molecule has 1 aromatic heterocycles. The molecule has 1 amide bonds. The van der Waals surface area contributed by atoms with E-state index in [0.29, 0.717) is 36.2 Å². The molecule has 0 spiro atoms. The van der Waals surface area contributed by atoms with Crippen molar-refractivity contribution in [3.05, 3.63) is 46.9 Å². The Morgan fingerprint density at radius 1 is 1.38 bits per heavy atom. The Morgan fingerprint density at radius 3 is 2.96 bits per heavy atom. The first-order valence-electron chi connectivity index (χ1n) is 7.74. The third kappa shape index (κ3) is 3.66. The van der Waals surface area contributed by atoms with Gasteiger partial charge in [0, 0.05) is 36.1 Å². The van der Waals surface area contributed by atoms with Crippen LogP contribution in [0.1, 0.15) is 17.9 Å². The predicted octanol–water partition coefficient (Wildman–Crippen LogP) is 2.80. The Morgan fingerprint density at radius 2 is 2.21 bits per heavy atom. The highest BCUT2D eigenvalue weighted by Gasteiger charge is 2.32. The molecule has 0 bridgehead atoms. The largest absolute Gasteiger partial charge is 0.377 e. The van der Waals surface area contributed by atoms with Gasteiger partial charge >= 0.3 is 0 Å². The quantitative estimate of drug-likeness (QED) is 0.901. The van der Waals surface area contributed by atoms with Crippen LogP contribution >= 0.6 is 11.6 Å². The zero-order valence-corrected chi connectivity index (χ0v) is 14.4. The van der Waals surface area contributed by atoms with Crippen LogP contribution in [0, 0.1) is 6.92 Å². The van der Waals surface area contributed by atoms with Crippen molar-refractivity contribution in [1.82, 2.24) is 9.97 Å². The monoisotopic (exact) mass is 346 g/mol. The summed E-state index contributed by atoms with van der Waals surface area (Å²) in [6, 6.07) is 8.84. The summed E-state index contributed by atoms with van der Waals surface area (Å²) in [6.45, 7) is 2.87. The second kappa shape index (κ2) is 7.15. The van der Waals surface area contributed by atoms with Gasteiger partial charge in [-0.05, 0) is 31.5 Å². The van der Waals surface area contributed by atoms with Crippen LogP contribution in [0.15, 0.2) is 30.3 Å². The zero-order valence-electron chi connectivity index (χ0n) is 13.6. The first kappa shape index (κ1) is 16.7. The third-order valence-corrected chi connectivity index (χ3v) is 4.06. The number of nitrogens with one attached hydrogen (secondary N) is 1. The van der Waals surface area contributed by atoms with Crippen molar-refractivity contribution < 1.29 is 9.53 Å². The molecule has 1 aliphatic heterocycles. The van der Waals surface area contributed by atoms with Crippen molar-refractivity contribution in [2.75, 3.05) is 23.9 Å². The molecule has 2 aromatic rings. The number of ether oxygens (including phenoxy) is 1. The Hall–Kier alpha value is -2.18. The maximum atomic E-state index is 12.7. The number of carbonyl (C=O) groups excluding carboxylic acids is 1. The highest BCUT2D eigenvalue weighted by molar-refractivity contribution is 6.31. The highest BCUT2D eigenvalue weighted by atomic mass is 35.5. The average molecular weight is 347 g/mol. The van der Waals surface area contributed by atoms with Gasteiger partial charge in [-0.1, -0.05) is 17.7 Å². The molecular formula is C17H19ClN4O2. The number of anilines is 2. The minimum absolute atomic E-state index is 0.0156. The van der Waals surface area contributed by atoms with E-state index < -0.39 is 0 Å². The van der Waals surface area contributed by atoms with Gasteiger partial charge in [0.25, 0.3) is 0 Å². The van der Waals surface area contributed by atoms with Crippen LogP contribution in [0.4, 0.5) is 11.5 Å². The van der Waals surface area contributed by atoms with E-state index in [1.165, 1.54) is 0 Å². The molecule has 1 fully saturated rings. The maximum Gasteiger partial charge on any atom is 0.249 e. The van der Waals surface area contributed by atoms with Crippen molar-refractivity contribution in [1.29, 1.82) is 0 Å². The van der Waals surface area contributed by atoms with E-state index in [1.807, 2.05) is 25.1 Å². The number of rotatable bonds is 5. The number of carbonyl (C=O) groups is 1. The van der Waals surface area contributed by atoms with Crippen molar-refractivity contribution in [3.8, 4) is 0 Å². The number of halogens is 1. The van der Waals surface area contributed by atoms with Gasteiger partial charge in [0.1, 0.15) is 18.5 Å². The van der Waals surface area contributed by atoms with Crippen molar-refractivity contribution in [3.63, 3.8) is 0 Å². The van der Waals surface area contributed by atoms with Gasteiger partial charge in [-0.2, -0.15) is 0 Å². The lowest BCUT2D eigenvalue weighted by Crippen LogP contribution is -2.33. The second-order valence-electron chi connectivity index (χ2n) is 5.70. The average Bonchev–Trinajstić information content (AvgIpc) is 2.88. The van der Waals surface area contributed by atoms with Gasteiger partial charge in [0.2, 0.25) is 5.91 Å². The molecule has 24 heavy (non-hydrogen) atoms. The lowest BCUT2D eigenvalue weighted by molar-refractivity contribution is -0.117. The van der Waals surface area contributed by atoms with Gasteiger partial charge in [-0.15, -0.1) is 0 Å². The topological polar surface area (TPSA) is 67.3 Å². The van der Waals surface area contributed by atoms with Crippen LogP contribution in [-0.4, -0.2) is 35.6 Å². The molecule has 7 heteroatoms. The maximum absolute atomic E-state index is 12.7. The van der Waals surface area contributed by atoms with Gasteiger partial charge in [-0.3, -0.25) is 4.79 Å². The number of amides is 1. The number of aromatic nitrogens is 2. The van der Waals surface area contributed by atoms with E-state index in [0.717, 1.165) is 11.4 Å². The summed E-state index contributed by atoms with van der Waals surface area (Å²) in [5, 5.41) is 3.83. The Bertz CT molecular complexity index is 753. The Kier molecular flexibility index (Phi) is 4.97. The van der Waals surface area contributed by atoms with Crippen LogP contribution in [0.2, 0.25) is 5.02 Å². The fraction of sp³-hybridized carbons (Fsp3) is 0.353. The lowest BCUT2D eigenvalue weighted by Gasteiger charge is -2.18. The molecule has 1 unspecified atom stereocenters. The zero-order chi connectivity index (χ0) is 17.1. The molecule has 3 rings (SSSR count). The van der Waals surface area contributed by atoms with E-state index in [2.05, 4.69) is 15.3 Å². The van der Waals surface area contributed by atoms with Crippen molar-refractivity contribution in [2.24, 2.45) is 0 Å². The van der Waals surface area contributed by atoms with Crippen LogP contribution in [0.25, 0.3) is 0 Å². The fourth-order valence-electron chi connectivity index (χ4n) is 2.79. The molecule has 1 N–H and O–H groups in total. The van der Waals surface area contributed by atoms with Crippen LogP contribution < -0.4 is 10.2 Å². The number of benzene rings is 1. The summed E-state index contributed by atoms with van der Waals surface area (Å²) in [5.41, 5.74) is 1.65. The number of hydrogen-bond acceptors (Lipinski definition) is 5. The molecule has 1 aliphatic rings. The minimum atomic E-state index is -0.311. The standard InChI is InChI=1S/C17H19ClN4O2/c1-11-8-15(21-16(19-11)10-24-2)20-14-6-7-22(17(14)23)13-5-3-4-12(18)9-13/h3-5,8-9,14H,6-7,10H2,1-2H3,(H,19,20,21). The van der Waals surface area contributed by atoms with Crippen molar-refractivity contribution in [2.45, 2.75) is 26.0 Å². The van der Waals surface area contributed by atoms with Crippen LogP contribution in [0.3, 0.4) is 0 Å². The van der Waals surface area contributed by atoms with E-state index in [-0.39, 0.29) is 11.9 Å². The van der Waals surface area contributed by atoms with E-state index in [9.17, 15) is 4.79 Å². The first-order chi connectivity index (χ1) is 11.6. The summed E-state index contributed by atoms with van der Waals surface area (Å²) in [7, 11) is 1.60. The van der Waals surface area contributed by atoms with E-state index >= 15 is 0 Å². The van der Waals surface area contributed by atoms with Gasteiger partial charge in [0.05, 0.1) is 0 Å². The molecule has 1 aromatic carbocycles. The van der Waals surface area contributed by atoms with Crippen LogP contribution in [-0.2, 0) is 16.1 Å². The summed E-state index contributed by atoms with van der Waals surface area (Å²) in [6.07, 6.45) is 0.702. The predicted molar refractivity (Wildman–Crippen MR) is 93.3 cm³/mol. The number of methoxy groups -OCH3 is 1. The summed E-state index contributed by atoms with van der Waals surface area (Å²) in [4.78, 5) is 23.1. The highest BCUT2D eigenvalue weighted by Crippen LogP contribution is 2.25. The molecule has 0 radical (unpaired) electrons. The van der Waals surface area contributed by atoms with Crippen LogP contribution in [0.5, 0.6) is 0 Å². The summed E-state index contributed by atoms with van der Waals surface area (Å²) >= 11 is 6.02. The SMILES string of the molecule is COCc1nc(C)cc(NC2CCN(c3cccc(Cl)c3)C2=O)n1. The molecule has 1 atom stereocenters. The summed E-state index contributed by atoms with van der Waals surface area (Å²) in [5.74, 6) is 1.25. The first-order valence-corrected chi connectivity index (χ1v) is 8.11. The fourth-order valence-corrected chi connectivity index (χ4v) is 2.97. The molecule has 1 saturated heterocycles.